The summed E-state index contributed by atoms with van der Waals surface area (Å²) in [5, 5.41) is 0. The van der Waals surface area contributed by atoms with E-state index >= 15 is 0 Å². The zero-order chi connectivity index (χ0) is 20.2. The zero-order valence-corrected chi connectivity index (χ0v) is 17.5. The maximum absolute atomic E-state index is 13.6. The fourth-order valence-electron chi connectivity index (χ4n) is 4.30. The zero-order valence-electron chi connectivity index (χ0n) is 16.7. The van der Waals surface area contributed by atoms with E-state index in [9.17, 15) is 8.42 Å². The summed E-state index contributed by atoms with van der Waals surface area (Å²) in [6, 6.07) is 9.08. The summed E-state index contributed by atoms with van der Waals surface area (Å²) in [7, 11) is 0.410. The number of hydrogen-bond donors (Lipinski definition) is 0. The molecule has 7 heteroatoms. The Labute approximate surface area is 171 Å². The van der Waals surface area contributed by atoms with Gasteiger partial charge in [0.1, 0.15) is 0 Å². The van der Waals surface area contributed by atoms with Crippen LogP contribution in [0.1, 0.15) is 17.5 Å². The molecule has 29 heavy (non-hydrogen) atoms. The van der Waals surface area contributed by atoms with E-state index in [1.54, 1.807) is 24.5 Å². The Morgan fingerprint density at radius 1 is 1.07 bits per heavy atom. The molecule has 3 aromatic rings. The lowest BCUT2D eigenvalue weighted by atomic mass is 10.0. The van der Waals surface area contributed by atoms with Crippen molar-refractivity contribution in [2.24, 2.45) is 0 Å². The summed E-state index contributed by atoms with van der Waals surface area (Å²) < 4.78 is 28.5. The molecule has 0 radical (unpaired) electrons. The van der Waals surface area contributed by atoms with Crippen molar-refractivity contribution in [2.75, 3.05) is 38.6 Å². The Bertz CT molecular complexity index is 1240. The molecule has 0 amide bonds. The van der Waals surface area contributed by atoms with Gasteiger partial charge in [0.15, 0.2) is 0 Å². The number of hydrogen-bond acceptors (Lipinski definition) is 5. The molecule has 0 unspecified atom stereocenters. The van der Waals surface area contributed by atoms with Gasteiger partial charge in [-0.2, -0.15) is 0 Å². The summed E-state index contributed by atoms with van der Waals surface area (Å²) in [6.45, 7) is 2.73. The second kappa shape index (κ2) is 6.71. The number of fused-ring (bicyclic) bond motifs is 2. The van der Waals surface area contributed by atoms with Gasteiger partial charge in [0.25, 0.3) is 10.0 Å². The first kappa shape index (κ1) is 18.4. The van der Waals surface area contributed by atoms with Gasteiger partial charge in [0.05, 0.1) is 15.9 Å². The third kappa shape index (κ3) is 2.96. The van der Waals surface area contributed by atoms with Crippen LogP contribution in [-0.2, 0) is 16.4 Å². The van der Waals surface area contributed by atoms with Crippen molar-refractivity contribution in [1.29, 1.82) is 0 Å². The first-order valence-electron chi connectivity index (χ1n) is 9.89. The average Bonchev–Trinajstić information content (AvgIpc) is 3.30. The van der Waals surface area contributed by atoms with Crippen molar-refractivity contribution in [1.82, 2.24) is 13.9 Å². The molecule has 6 nitrogen and oxygen atoms in total. The van der Waals surface area contributed by atoms with E-state index < -0.39 is 10.0 Å². The monoisotopic (exact) mass is 408 g/mol. The molecule has 2 aliphatic heterocycles. The molecule has 0 atom stereocenters. The third-order valence-corrected chi connectivity index (χ3v) is 7.69. The standard InChI is InChI=1S/C22H24N4O2S/c1-24-11-7-16(8-12-24)19-15-26(21-4-3-10-23-22(19)21)29(27,28)18-5-6-20-17(14-18)9-13-25(20)2/h3-7,10,14-15H,8-9,11-13H2,1-2H3. The second-order valence-corrected chi connectivity index (χ2v) is 9.73. The van der Waals surface area contributed by atoms with Crippen molar-refractivity contribution in [3.05, 3.63) is 59.9 Å². The van der Waals surface area contributed by atoms with Crippen LogP contribution < -0.4 is 4.90 Å². The van der Waals surface area contributed by atoms with E-state index in [4.69, 9.17) is 0 Å². The van der Waals surface area contributed by atoms with Crippen LogP contribution in [0.5, 0.6) is 0 Å². The first-order chi connectivity index (χ1) is 13.9. The summed E-state index contributed by atoms with van der Waals surface area (Å²) in [5.74, 6) is 0. The minimum absolute atomic E-state index is 0.330. The smallest absolute Gasteiger partial charge is 0.268 e. The number of benzene rings is 1. The van der Waals surface area contributed by atoms with E-state index in [-0.39, 0.29) is 0 Å². The van der Waals surface area contributed by atoms with E-state index in [0.29, 0.717) is 10.4 Å². The summed E-state index contributed by atoms with van der Waals surface area (Å²) in [4.78, 5) is 9.26. The largest absolute Gasteiger partial charge is 0.374 e. The van der Waals surface area contributed by atoms with Gasteiger partial charge < -0.3 is 9.80 Å². The lowest BCUT2D eigenvalue weighted by Crippen LogP contribution is -2.23. The second-order valence-electron chi connectivity index (χ2n) is 7.92. The topological polar surface area (TPSA) is 58.4 Å². The molecule has 0 saturated carbocycles. The van der Waals surface area contributed by atoms with E-state index in [0.717, 1.165) is 60.4 Å². The van der Waals surface area contributed by atoms with Crippen molar-refractivity contribution >= 4 is 32.3 Å². The molecular weight excluding hydrogens is 384 g/mol. The van der Waals surface area contributed by atoms with Gasteiger partial charge in [-0.05, 0) is 61.4 Å². The van der Waals surface area contributed by atoms with Crippen molar-refractivity contribution in [2.45, 2.75) is 17.7 Å². The molecule has 2 aromatic heterocycles. The molecule has 0 fully saturated rings. The molecule has 2 aliphatic rings. The predicted octanol–water partition coefficient (Wildman–Crippen LogP) is 2.98. The Kier molecular flexibility index (Phi) is 4.26. The number of pyridine rings is 1. The van der Waals surface area contributed by atoms with E-state index in [2.05, 4.69) is 27.9 Å². The lowest BCUT2D eigenvalue weighted by molar-refractivity contribution is 0.370. The molecule has 0 N–H and O–H groups in total. The van der Waals surface area contributed by atoms with Gasteiger partial charge in [0, 0.05) is 50.3 Å². The average molecular weight is 409 g/mol. The minimum atomic E-state index is -3.71. The highest BCUT2D eigenvalue weighted by atomic mass is 32.2. The highest BCUT2D eigenvalue weighted by molar-refractivity contribution is 7.90. The van der Waals surface area contributed by atoms with Crippen molar-refractivity contribution in [3.63, 3.8) is 0 Å². The molecule has 150 valence electrons. The van der Waals surface area contributed by atoms with Crippen LogP contribution in [-0.4, -0.2) is 56.0 Å². The summed E-state index contributed by atoms with van der Waals surface area (Å²) in [5.41, 5.74) is 5.64. The normalized spacial score (nSPS) is 17.6. The lowest BCUT2D eigenvalue weighted by Gasteiger charge is -2.21. The van der Waals surface area contributed by atoms with E-state index in [1.807, 2.05) is 25.2 Å². The van der Waals surface area contributed by atoms with Crippen LogP contribution in [0, 0.1) is 0 Å². The summed E-state index contributed by atoms with van der Waals surface area (Å²) >= 11 is 0. The Morgan fingerprint density at radius 3 is 2.72 bits per heavy atom. The quantitative estimate of drug-likeness (QED) is 0.667. The molecule has 4 heterocycles. The molecule has 0 saturated heterocycles. The Morgan fingerprint density at radius 2 is 1.93 bits per heavy atom. The van der Waals surface area contributed by atoms with Gasteiger partial charge >= 0.3 is 0 Å². The van der Waals surface area contributed by atoms with Gasteiger partial charge in [0.2, 0.25) is 0 Å². The SMILES string of the molecule is CN1CC=C(c2cn(S(=O)(=O)c3ccc4c(c3)CCN4C)c3cccnc23)CC1. The molecule has 1 aromatic carbocycles. The number of nitrogens with zero attached hydrogens (tertiary/aromatic N) is 4. The maximum Gasteiger partial charge on any atom is 0.268 e. The number of anilines is 1. The van der Waals surface area contributed by atoms with Crippen molar-refractivity contribution < 1.29 is 8.42 Å². The van der Waals surface area contributed by atoms with E-state index in [1.165, 1.54) is 3.97 Å². The Balaban J connectivity index is 1.65. The van der Waals surface area contributed by atoms with Gasteiger partial charge in [-0.25, -0.2) is 12.4 Å². The predicted molar refractivity (Wildman–Crippen MR) is 116 cm³/mol. The van der Waals surface area contributed by atoms with Crippen LogP contribution in [0.15, 0.2) is 53.7 Å². The van der Waals surface area contributed by atoms with Gasteiger partial charge in [-0.1, -0.05) is 6.08 Å². The summed E-state index contributed by atoms with van der Waals surface area (Å²) in [6.07, 6.45) is 7.41. The number of likely N-dealkylation sites (N-methyl/N-ethyl adjacent to an activating group) is 2. The van der Waals surface area contributed by atoms with Crippen LogP contribution in [0.25, 0.3) is 16.6 Å². The minimum Gasteiger partial charge on any atom is -0.374 e. The Hall–Kier alpha value is -2.64. The fourth-order valence-corrected chi connectivity index (χ4v) is 5.71. The molecular formula is C22H24N4O2S. The molecule has 0 aliphatic carbocycles. The van der Waals surface area contributed by atoms with Gasteiger partial charge in [-0.3, -0.25) is 4.98 Å². The number of aromatic nitrogens is 2. The fraction of sp³-hybridized carbons (Fsp3) is 0.318. The molecule has 0 bridgehead atoms. The molecule has 5 rings (SSSR count). The molecule has 0 spiro atoms. The van der Waals surface area contributed by atoms with Crippen LogP contribution in [0.3, 0.4) is 0 Å². The first-order valence-corrected chi connectivity index (χ1v) is 11.3. The van der Waals surface area contributed by atoms with Crippen LogP contribution in [0.4, 0.5) is 5.69 Å². The third-order valence-electron chi connectivity index (χ3n) is 6.02. The highest BCUT2D eigenvalue weighted by Gasteiger charge is 2.26. The van der Waals surface area contributed by atoms with Crippen LogP contribution in [0.2, 0.25) is 0 Å². The van der Waals surface area contributed by atoms with Gasteiger partial charge in [-0.15, -0.1) is 0 Å². The van der Waals surface area contributed by atoms with Crippen LogP contribution >= 0.6 is 0 Å². The van der Waals surface area contributed by atoms with Crippen molar-refractivity contribution in [3.8, 4) is 0 Å². The highest BCUT2D eigenvalue weighted by Crippen LogP contribution is 2.34. The number of rotatable bonds is 3. The maximum atomic E-state index is 13.6.